The van der Waals surface area contributed by atoms with E-state index in [9.17, 15) is 4.79 Å². The van der Waals surface area contributed by atoms with Crippen LogP contribution < -0.4 is 16.8 Å². The largest absolute Gasteiger partial charge is 0.378 e. The normalized spacial score (nSPS) is 10.2. The highest BCUT2D eigenvalue weighted by Gasteiger charge is 2.07. The van der Waals surface area contributed by atoms with Gasteiger partial charge in [-0.05, 0) is 0 Å². The molecule has 1 heterocycles. The van der Waals surface area contributed by atoms with Crippen molar-refractivity contribution >= 4 is 22.4 Å². The minimum Gasteiger partial charge on any atom is -0.378 e. The molecule has 0 aromatic carbocycles. The predicted molar refractivity (Wildman–Crippen MR) is 58.7 cm³/mol. The van der Waals surface area contributed by atoms with Crippen molar-refractivity contribution in [2.75, 3.05) is 32.0 Å². The third kappa shape index (κ3) is 4.24. The number of nitrogens with zero attached hydrogens (tertiary/aromatic N) is 1. The molecule has 0 radical (unpaired) electrons. The minimum atomic E-state index is -0.180. The van der Waals surface area contributed by atoms with Crippen LogP contribution in [0.3, 0.4) is 0 Å². The van der Waals surface area contributed by atoms with Gasteiger partial charge in [-0.15, -0.1) is 0 Å². The number of carbonyl (C=O) groups excluding carboxylic acids is 1. The van der Waals surface area contributed by atoms with E-state index in [-0.39, 0.29) is 5.91 Å². The summed E-state index contributed by atoms with van der Waals surface area (Å²) in [6.07, 6.45) is 1.45. The van der Waals surface area contributed by atoms with Gasteiger partial charge in [0.15, 0.2) is 5.13 Å². The van der Waals surface area contributed by atoms with E-state index in [1.54, 1.807) is 0 Å². The third-order valence-corrected chi connectivity index (χ3v) is 2.37. The number of carbonyl (C=O) groups is 1. The Balaban J connectivity index is 2.19. The first-order valence-electron chi connectivity index (χ1n) is 4.51. The Morgan fingerprint density at radius 2 is 2.40 bits per heavy atom. The lowest BCUT2D eigenvalue weighted by Crippen LogP contribution is -2.27. The molecule has 1 rings (SSSR count). The molecule has 84 valence electrons. The van der Waals surface area contributed by atoms with Crippen LogP contribution in [-0.4, -0.2) is 37.2 Å². The van der Waals surface area contributed by atoms with Crippen molar-refractivity contribution in [2.24, 2.45) is 5.73 Å². The molecule has 1 aromatic rings. The Labute approximate surface area is 91.6 Å². The predicted octanol–water partition coefficient (Wildman–Crippen LogP) is -0.570. The summed E-state index contributed by atoms with van der Waals surface area (Å²) in [4.78, 5) is 15.7. The van der Waals surface area contributed by atoms with Crippen molar-refractivity contribution in [1.82, 2.24) is 10.3 Å². The highest BCUT2D eigenvalue weighted by Crippen LogP contribution is 2.13. The smallest absolute Gasteiger partial charge is 0.263 e. The number of ether oxygens (including phenoxy) is 1. The van der Waals surface area contributed by atoms with Gasteiger partial charge in [-0.25, -0.2) is 4.98 Å². The summed E-state index contributed by atoms with van der Waals surface area (Å²) in [6.45, 7) is 1.90. The molecule has 5 N–H and O–H groups in total. The molecule has 0 fully saturated rings. The van der Waals surface area contributed by atoms with Gasteiger partial charge in [-0.2, -0.15) is 0 Å². The Hall–Kier alpha value is -1.18. The third-order valence-electron chi connectivity index (χ3n) is 1.54. The number of amides is 1. The molecule has 7 heteroatoms. The van der Waals surface area contributed by atoms with E-state index >= 15 is 0 Å². The van der Waals surface area contributed by atoms with Crippen LogP contribution in [0.15, 0.2) is 6.20 Å². The fourth-order valence-electron chi connectivity index (χ4n) is 0.902. The average Bonchev–Trinajstić information content (AvgIpc) is 2.64. The second-order valence-electron chi connectivity index (χ2n) is 2.72. The number of hydrogen-bond donors (Lipinski definition) is 3. The molecule has 15 heavy (non-hydrogen) atoms. The zero-order valence-electron chi connectivity index (χ0n) is 8.23. The van der Waals surface area contributed by atoms with E-state index in [1.807, 2.05) is 0 Å². The first-order valence-corrected chi connectivity index (χ1v) is 5.33. The van der Waals surface area contributed by atoms with Gasteiger partial charge in [0, 0.05) is 13.1 Å². The van der Waals surface area contributed by atoms with Gasteiger partial charge in [-0.1, -0.05) is 11.3 Å². The van der Waals surface area contributed by atoms with Crippen molar-refractivity contribution in [2.45, 2.75) is 0 Å². The zero-order valence-corrected chi connectivity index (χ0v) is 9.05. The molecule has 0 saturated heterocycles. The molecule has 0 unspecified atom stereocenters. The molecule has 6 nitrogen and oxygen atoms in total. The van der Waals surface area contributed by atoms with Gasteiger partial charge in [0.25, 0.3) is 5.91 Å². The Morgan fingerprint density at radius 3 is 3.00 bits per heavy atom. The number of nitrogen functional groups attached to an aromatic ring is 1. The summed E-state index contributed by atoms with van der Waals surface area (Å²) >= 11 is 1.16. The van der Waals surface area contributed by atoms with E-state index in [2.05, 4.69) is 10.3 Å². The van der Waals surface area contributed by atoms with Crippen LogP contribution in [0.1, 0.15) is 9.67 Å². The molecule has 1 aromatic heterocycles. The molecule has 0 aliphatic carbocycles. The van der Waals surface area contributed by atoms with E-state index < -0.39 is 0 Å². The maximum Gasteiger partial charge on any atom is 0.263 e. The molecule has 0 atom stereocenters. The first-order chi connectivity index (χ1) is 7.24. The van der Waals surface area contributed by atoms with Crippen LogP contribution in [0.2, 0.25) is 0 Å². The number of thiazole rings is 1. The summed E-state index contributed by atoms with van der Waals surface area (Å²) < 4.78 is 5.10. The Kier molecular flexibility index (Phi) is 5.02. The van der Waals surface area contributed by atoms with Crippen LogP contribution in [0.25, 0.3) is 0 Å². The van der Waals surface area contributed by atoms with Crippen molar-refractivity contribution in [3.05, 3.63) is 11.1 Å². The number of hydrogen-bond acceptors (Lipinski definition) is 6. The van der Waals surface area contributed by atoms with Crippen molar-refractivity contribution in [3.8, 4) is 0 Å². The number of aromatic nitrogens is 1. The van der Waals surface area contributed by atoms with Crippen LogP contribution >= 0.6 is 11.3 Å². The molecule has 0 bridgehead atoms. The SMILES string of the molecule is NCCOCCNC(=O)c1cnc(N)s1. The van der Waals surface area contributed by atoms with Gasteiger partial charge in [0.2, 0.25) is 0 Å². The minimum absolute atomic E-state index is 0.180. The van der Waals surface area contributed by atoms with Crippen LogP contribution in [0.5, 0.6) is 0 Å². The van der Waals surface area contributed by atoms with Gasteiger partial charge in [0.05, 0.1) is 19.4 Å². The lowest BCUT2D eigenvalue weighted by molar-refractivity contribution is 0.0923. The van der Waals surface area contributed by atoms with E-state index in [0.717, 1.165) is 11.3 Å². The molecular weight excluding hydrogens is 216 g/mol. The topological polar surface area (TPSA) is 103 Å². The first kappa shape index (κ1) is 11.9. The number of nitrogens with two attached hydrogens (primary N) is 2. The maximum atomic E-state index is 11.4. The quantitative estimate of drug-likeness (QED) is 0.568. The lowest BCUT2D eigenvalue weighted by Gasteiger charge is -2.03. The molecule has 0 aliphatic rings. The van der Waals surface area contributed by atoms with Crippen molar-refractivity contribution < 1.29 is 9.53 Å². The molecule has 0 saturated carbocycles. The highest BCUT2D eigenvalue weighted by atomic mass is 32.1. The Morgan fingerprint density at radius 1 is 1.60 bits per heavy atom. The van der Waals surface area contributed by atoms with E-state index in [4.69, 9.17) is 16.2 Å². The summed E-state index contributed by atoms with van der Waals surface area (Å²) in [5, 5.41) is 3.07. The summed E-state index contributed by atoms with van der Waals surface area (Å²) in [6, 6.07) is 0. The molecular formula is C8H14N4O2S. The molecule has 1 amide bonds. The second kappa shape index (κ2) is 6.33. The standard InChI is InChI=1S/C8H14N4O2S/c9-1-3-14-4-2-11-7(13)6-5-12-8(10)15-6/h5H,1-4,9H2,(H2,10,12)(H,11,13). The maximum absolute atomic E-state index is 11.4. The number of rotatable bonds is 6. The Bertz CT molecular complexity index is 315. The number of nitrogens with one attached hydrogen (secondary N) is 1. The van der Waals surface area contributed by atoms with E-state index in [1.165, 1.54) is 6.20 Å². The average molecular weight is 230 g/mol. The summed E-state index contributed by atoms with van der Waals surface area (Å²) in [5.41, 5.74) is 10.6. The van der Waals surface area contributed by atoms with Gasteiger partial charge in [-0.3, -0.25) is 4.79 Å². The zero-order chi connectivity index (χ0) is 11.1. The molecule has 0 aliphatic heterocycles. The van der Waals surface area contributed by atoms with Crippen LogP contribution in [-0.2, 0) is 4.74 Å². The summed E-state index contributed by atoms with van der Waals surface area (Å²) in [7, 11) is 0. The van der Waals surface area contributed by atoms with Crippen LogP contribution in [0.4, 0.5) is 5.13 Å². The highest BCUT2D eigenvalue weighted by molar-refractivity contribution is 7.17. The van der Waals surface area contributed by atoms with Crippen molar-refractivity contribution in [1.29, 1.82) is 0 Å². The van der Waals surface area contributed by atoms with Crippen molar-refractivity contribution in [3.63, 3.8) is 0 Å². The van der Waals surface area contributed by atoms with E-state index in [0.29, 0.717) is 36.3 Å². The summed E-state index contributed by atoms with van der Waals surface area (Å²) in [5.74, 6) is -0.180. The van der Waals surface area contributed by atoms with Gasteiger partial charge in [0.1, 0.15) is 4.88 Å². The molecule has 0 spiro atoms. The monoisotopic (exact) mass is 230 g/mol. The van der Waals surface area contributed by atoms with Gasteiger partial charge < -0.3 is 21.5 Å². The number of anilines is 1. The fraction of sp³-hybridized carbons (Fsp3) is 0.500. The van der Waals surface area contributed by atoms with Gasteiger partial charge >= 0.3 is 0 Å². The second-order valence-corrected chi connectivity index (χ2v) is 3.78. The lowest BCUT2D eigenvalue weighted by atomic mass is 10.5. The van der Waals surface area contributed by atoms with Crippen LogP contribution in [0, 0.1) is 0 Å². The fourth-order valence-corrected chi connectivity index (χ4v) is 1.50.